The van der Waals surface area contributed by atoms with Crippen LogP contribution in [0.1, 0.15) is 91.5 Å². The van der Waals surface area contributed by atoms with E-state index >= 15 is 0 Å². The van der Waals surface area contributed by atoms with Crippen molar-refractivity contribution in [3.63, 3.8) is 0 Å². The van der Waals surface area contributed by atoms with Gasteiger partial charge in [0.25, 0.3) is 0 Å². The molecule has 0 fully saturated rings. The number of allylic oxidation sites excluding steroid dienone is 1. The molecule has 0 saturated heterocycles. The van der Waals surface area contributed by atoms with Crippen molar-refractivity contribution in [3.8, 4) is 0 Å². The van der Waals surface area contributed by atoms with E-state index in [1.165, 1.54) is 7.11 Å². The number of carbonyl (C=O) groups is 2. The molecule has 0 bridgehead atoms. The first-order valence-corrected chi connectivity index (χ1v) is 16.6. The van der Waals surface area contributed by atoms with Crippen molar-refractivity contribution >= 4 is 18.0 Å². The smallest absolute Gasteiger partial charge is 0.311 e. The monoisotopic (exact) mass is 664 g/mol. The number of hydrogen-bond acceptors (Lipinski definition) is 10. The molecule has 11 nitrogen and oxygen atoms in total. The summed E-state index contributed by atoms with van der Waals surface area (Å²) in [6.45, 7) is 15.3. The van der Waals surface area contributed by atoms with Crippen molar-refractivity contribution in [1.82, 2.24) is 0 Å². The van der Waals surface area contributed by atoms with Gasteiger partial charge in [-0.2, -0.15) is 4.59 Å². The van der Waals surface area contributed by atoms with Gasteiger partial charge in [-0.15, -0.1) is 0 Å². The first-order chi connectivity index (χ1) is 21.9. The van der Waals surface area contributed by atoms with Gasteiger partial charge in [0.05, 0.1) is 50.5 Å². The molecule has 0 amide bonds. The summed E-state index contributed by atoms with van der Waals surface area (Å²) < 4.78 is 21.4. The lowest BCUT2D eigenvalue weighted by molar-refractivity contribution is -0.901. The highest BCUT2D eigenvalue weighted by atomic mass is 16.6. The molecular formula is C36H60N2O9. The fraction of sp³-hybridized carbons (Fsp3) is 0.694. The van der Waals surface area contributed by atoms with Gasteiger partial charge in [-0.05, 0) is 71.3 Å². The van der Waals surface area contributed by atoms with Crippen LogP contribution in [0.15, 0.2) is 47.8 Å². The van der Waals surface area contributed by atoms with Crippen molar-refractivity contribution < 1.29 is 48.4 Å². The van der Waals surface area contributed by atoms with Gasteiger partial charge in [0, 0.05) is 12.5 Å². The molecular weight excluding hydrogens is 604 g/mol. The van der Waals surface area contributed by atoms with Crippen LogP contribution in [0.4, 0.5) is 0 Å². The summed E-state index contributed by atoms with van der Waals surface area (Å²) in [6, 6.07) is 9.90. The first-order valence-electron chi connectivity index (χ1n) is 16.6. The molecule has 47 heavy (non-hydrogen) atoms. The molecule has 0 radical (unpaired) electrons. The number of rotatable bonds is 22. The minimum Gasteiger partial charge on any atom is -0.594 e. The molecule has 11 heteroatoms. The molecule has 0 aliphatic heterocycles. The highest BCUT2D eigenvalue weighted by molar-refractivity contribution is 5.77. The molecule has 1 aromatic rings. The Bertz CT molecular complexity index is 1140. The fourth-order valence-electron chi connectivity index (χ4n) is 5.59. The molecule has 0 aromatic heterocycles. The molecule has 0 spiro atoms. The Hall–Kier alpha value is -3.15. The molecule has 0 heterocycles. The standard InChI is InChI=1S/C36H60N2O9/c1-11-12-20-45-28(4)26(2)21-36(7,33(42)44-10)22-30(29-16-14-13-15-17-29)18-19-35(5,6)32(41)46-24-31(40)25-47-34(43)37-38(8,9)23-27(3)39/h13-17,26-27,30-31,39-40H,4,11-12,18-25H2,1-3,5-10H3. The zero-order valence-corrected chi connectivity index (χ0v) is 30.1. The molecule has 0 aliphatic carbocycles. The lowest BCUT2D eigenvalue weighted by atomic mass is 9.71. The van der Waals surface area contributed by atoms with Gasteiger partial charge in [-0.25, -0.2) is 0 Å². The molecule has 0 saturated carbocycles. The third kappa shape index (κ3) is 15.5. The van der Waals surface area contributed by atoms with Crippen molar-refractivity contribution in [3.05, 3.63) is 48.2 Å². The number of aliphatic hydroxyl groups is 2. The van der Waals surface area contributed by atoms with E-state index in [4.69, 9.17) is 18.9 Å². The van der Waals surface area contributed by atoms with Gasteiger partial charge < -0.3 is 34.3 Å². The molecule has 0 aliphatic rings. The molecule has 268 valence electrons. The Morgan fingerprint density at radius 3 is 2.19 bits per heavy atom. The number of ether oxygens (including phenoxy) is 4. The third-order valence-electron chi connectivity index (χ3n) is 8.28. The van der Waals surface area contributed by atoms with Gasteiger partial charge in [0.1, 0.15) is 19.3 Å². The second-order valence-corrected chi connectivity index (χ2v) is 14.1. The second kappa shape index (κ2) is 19.6. The van der Waals surface area contributed by atoms with E-state index in [0.29, 0.717) is 38.0 Å². The van der Waals surface area contributed by atoms with Crippen molar-refractivity contribution in [1.29, 1.82) is 0 Å². The number of nitrogens with zero attached hydrogens (tertiary/aromatic N) is 2. The van der Waals surface area contributed by atoms with Crippen molar-refractivity contribution in [2.24, 2.45) is 21.8 Å². The van der Waals surface area contributed by atoms with Crippen LogP contribution in [-0.2, 0) is 28.5 Å². The summed E-state index contributed by atoms with van der Waals surface area (Å²) in [5.41, 5.74) is -0.693. The normalized spacial score (nSPS) is 16.3. The predicted octanol–water partition coefficient (Wildman–Crippen LogP) is 4.51. The van der Waals surface area contributed by atoms with E-state index in [2.05, 4.69) is 18.6 Å². The van der Waals surface area contributed by atoms with E-state index in [-0.39, 0.29) is 35.5 Å². The molecule has 1 rings (SSSR count). The van der Waals surface area contributed by atoms with Gasteiger partial charge in [0.2, 0.25) is 6.08 Å². The molecule has 2 N–H and O–H groups in total. The van der Waals surface area contributed by atoms with Gasteiger partial charge in [0.15, 0.2) is 0 Å². The number of aliphatic hydroxyl groups excluding tert-OH is 2. The van der Waals surface area contributed by atoms with Crippen LogP contribution in [0, 0.1) is 16.7 Å². The van der Waals surface area contributed by atoms with Gasteiger partial charge in [-0.3, -0.25) is 9.59 Å². The van der Waals surface area contributed by atoms with Crippen LogP contribution in [0.2, 0.25) is 0 Å². The third-order valence-corrected chi connectivity index (χ3v) is 8.28. The van der Waals surface area contributed by atoms with E-state index in [1.807, 2.05) is 44.2 Å². The Kier molecular flexibility index (Phi) is 17.5. The van der Waals surface area contributed by atoms with Crippen LogP contribution in [0.25, 0.3) is 0 Å². The van der Waals surface area contributed by atoms with Gasteiger partial charge >= 0.3 is 11.9 Å². The fourth-order valence-corrected chi connectivity index (χ4v) is 5.59. The predicted molar refractivity (Wildman–Crippen MR) is 180 cm³/mol. The second-order valence-electron chi connectivity index (χ2n) is 14.1. The molecule has 1 aromatic carbocycles. The molecule has 5 atom stereocenters. The minimum absolute atomic E-state index is 0.0703. The lowest BCUT2D eigenvalue weighted by Crippen LogP contribution is -2.43. The Morgan fingerprint density at radius 2 is 1.62 bits per heavy atom. The van der Waals surface area contributed by atoms with E-state index in [9.17, 15) is 24.9 Å². The van der Waals surface area contributed by atoms with E-state index in [1.54, 1.807) is 34.9 Å². The molecule has 5 unspecified atom stereocenters. The summed E-state index contributed by atoms with van der Waals surface area (Å²) in [6.07, 6.45) is 1.17. The van der Waals surface area contributed by atoms with Crippen molar-refractivity contribution in [2.75, 3.05) is 47.6 Å². The number of esters is 2. The SMILES string of the molecule is C=C(OCCCC)C(C)CC(C)(CC(CCC(C)(C)C(=O)OCC(O)COC([O-])=N[N+](C)(C)CC(C)O)c1ccccc1)C(=O)OC. The summed E-state index contributed by atoms with van der Waals surface area (Å²) in [7, 11) is 4.67. The summed E-state index contributed by atoms with van der Waals surface area (Å²) in [5, 5.41) is 35.8. The van der Waals surface area contributed by atoms with Crippen LogP contribution < -0.4 is 5.11 Å². The van der Waals surface area contributed by atoms with Crippen LogP contribution in [0.3, 0.4) is 0 Å². The number of hydrogen-bond donors (Lipinski definition) is 2. The number of unbranched alkanes of at least 4 members (excludes halogenated alkanes) is 1. The quantitative estimate of drug-likeness (QED) is 0.0348. The van der Waals surface area contributed by atoms with Gasteiger partial charge in [-0.1, -0.05) is 62.3 Å². The zero-order chi connectivity index (χ0) is 35.8. The maximum atomic E-state index is 13.2. The number of quaternary nitrogens is 1. The zero-order valence-electron chi connectivity index (χ0n) is 30.1. The Balaban J connectivity index is 2.94. The number of likely N-dealkylation sites (N-methyl/N-ethyl adjacent to an activating group) is 1. The maximum absolute atomic E-state index is 13.2. The highest BCUT2D eigenvalue weighted by Gasteiger charge is 2.40. The van der Waals surface area contributed by atoms with Crippen LogP contribution in [0.5, 0.6) is 0 Å². The maximum Gasteiger partial charge on any atom is 0.311 e. The van der Waals surface area contributed by atoms with Crippen LogP contribution in [-0.4, -0.2) is 92.6 Å². The highest BCUT2D eigenvalue weighted by Crippen LogP contribution is 2.43. The lowest BCUT2D eigenvalue weighted by Gasteiger charge is -2.35. The minimum atomic E-state index is -1.23. The van der Waals surface area contributed by atoms with Crippen molar-refractivity contribution in [2.45, 2.75) is 98.2 Å². The van der Waals surface area contributed by atoms with E-state index in [0.717, 1.165) is 18.4 Å². The first kappa shape index (κ1) is 41.9. The number of methoxy groups -OCH3 is 1. The average Bonchev–Trinajstić information content (AvgIpc) is 2.99. The Labute approximate surface area is 282 Å². The summed E-state index contributed by atoms with van der Waals surface area (Å²) in [4.78, 5) is 26.4. The largest absolute Gasteiger partial charge is 0.594 e. The topological polar surface area (TPSA) is 147 Å². The Morgan fingerprint density at radius 1 is 1.00 bits per heavy atom. The number of carbonyl (C=O) groups excluding carboxylic acids is 2. The van der Waals surface area contributed by atoms with Crippen LogP contribution >= 0.6 is 0 Å². The summed E-state index contributed by atoms with van der Waals surface area (Å²) in [5.74, 6) is -0.302. The average molecular weight is 665 g/mol. The summed E-state index contributed by atoms with van der Waals surface area (Å²) >= 11 is 0. The van der Waals surface area contributed by atoms with E-state index < -0.39 is 41.7 Å². The number of benzene rings is 1.